The van der Waals surface area contributed by atoms with E-state index >= 15 is 0 Å². The van der Waals surface area contributed by atoms with Crippen LogP contribution in [0.15, 0.2) is 60.7 Å². The molecule has 0 unspecified atom stereocenters. The first-order valence-corrected chi connectivity index (χ1v) is 8.19. The van der Waals surface area contributed by atoms with Crippen LogP contribution in [-0.2, 0) is 6.54 Å². The Morgan fingerprint density at radius 1 is 1.04 bits per heavy atom. The van der Waals surface area contributed by atoms with Crippen molar-refractivity contribution < 1.29 is 4.79 Å². The SMILES string of the molecule is Cc1nc(NCc2ccccc2)cc(C(=O)Nc2ccccc2Cl)n1. The van der Waals surface area contributed by atoms with E-state index in [4.69, 9.17) is 11.6 Å². The van der Waals surface area contributed by atoms with Crippen LogP contribution in [-0.4, -0.2) is 15.9 Å². The van der Waals surface area contributed by atoms with Gasteiger partial charge in [-0.05, 0) is 24.6 Å². The van der Waals surface area contributed by atoms with Crippen molar-refractivity contribution in [3.8, 4) is 0 Å². The van der Waals surface area contributed by atoms with E-state index in [9.17, 15) is 4.79 Å². The molecule has 3 rings (SSSR count). The van der Waals surface area contributed by atoms with Gasteiger partial charge < -0.3 is 10.6 Å². The summed E-state index contributed by atoms with van der Waals surface area (Å²) in [6, 6.07) is 18.7. The third-order valence-electron chi connectivity index (χ3n) is 3.51. The van der Waals surface area contributed by atoms with Gasteiger partial charge in [-0.3, -0.25) is 4.79 Å². The molecule has 5 nitrogen and oxygen atoms in total. The predicted octanol–water partition coefficient (Wildman–Crippen LogP) is 4.30. The molecule has 0 fully saturated rings. The molecule has 0 spiro atoms. The molecule has 0 saturated heterocycles. The number of amides is 1. The number of halogens is 1. The summed E-state index contributed by atoms with van der Waals surface area (Å²) in [7, 11) is 0. The van der Waals surface area contributed by atoms with E-state index in [1.807, 2.05) is 30.3 Å². The molecular formula is C19H17ClN4O. The molecule has 1 aromatic heterocycles. The summed E-state index contributed by atoms with van der Waals surface area (Å²) in [4.78, 5) is 21.0. The molecule has 6 heteroatoms. The second kappa shape index (κ2) is 7.77. The summed E-state index contributed by atoms with van der Waals surface area (Å²) in [6.07, 6.45) is 0. The number of hydrogen-bond acceptors (Lipinski definition) is 4. The lowest BCUT2D eigenvalue weighted by Gasteiger charge is -2.10. The highest BCUT2D eigenvalue weighted by molar-refractivity contribution is 6.33. The number of aryl methyl sites for hydroxylation is 1. The molecule has 0 aliphatic heterocycles. The van der Waals surface area contributed by atoms with Gasteiger partial charge in [-0.15, -0.1) is 0 Å². The third-order valence-corrected chi connectivity index (χ3v) is 3.84. The molecule has 0 aliphatic rings. The van der Waals surface area contributed by atoms with Crippen molar-refractivity contribution in [1.82, 2.24) is 9.97 Å². The Hall–Kier alpha value is -2.92. The minimum atomic E-state index is -0.332. The molecule has 0 bridgehead atoms. The zero-order chi connectivity index (χ0) is 17.6. The highest BCUT2D eigenvalue weighted by Gasteiger charge is 2.12. The number of nitrogens with one attached hydrogen (secondary N) is 2. The molecule has 2 aromatic carbocycles. The monoisotopic (exact) mass is 352 g/mol. The smallest absolute Gasteiger partial charge is 0.274 e. The average Bonchev–Trinajstić information content (AvgIpc) is 2.62. The molecule has 0 saturated carbocycles. The number of anilines is 2. The number of carbonyl (C=O) groups excluding carboxylic acids is 1. The topological polar surface area (TPSA) is 66.9 Å². The van der Waals surface area contributed by atoms with Gasteiger partial charge in [-0.25, -0.2) is 9.97 Å². The number of carbonyl (C=O) groups is 1. The van der Waals surface area contributed by atoms with Crippen LogP contribution in [0.1, 0.15) is 21.9 Å². The summed E-state index contributed by atoms with van der Waals surface area (Å²) in [6.45, 7) is 2.36. The number of para-hydroxylation sites is 1. The maximum Gasteiger partial charge on any atom is 0.274 e. The van der Waals surface area contributed by atoms with E-state index in [1.165, 1.54) is 0 Å². The normalized spacial score (nSPS) is 10.3. The highest BCUT2D eigenvalue weighted by Crippen LogP contribution is 2.21. The molecule has 0 atom stereocenters. The van der Waals surface area contributed by atoms with Gasteiger partial charge in [0.2, 0.25) is 0 Å². The lowest BCUT2D eigenvalue weighted by molar-refractivity contribution is 0.102. The lowest BCUT2D eigenvalue weighted by Crippen LogP contribution is -2.16. The van der Waals surface area contributed by atoms with E-state index in [1.54, 1.807) is 37.3 Å². The van der Waals surface area contributed by atoms with Gasteiger partial charge in [0.15, 0.2) is 0 Å². The maximum absolute atomic E-state index is 12.5. The molecule has 1 heterocycles. The van der Waals surface area contributed by atoms with Gasteiger partial charge in [0.1, 0.15) is 17.3 Å². The Morgan fingerprint density at radius 2 is 1.76 bits per heavy atom. The Bertz CT molecular complexity index is 884. The fourth-order valence-corrected chi connectivity index (χ4v) is 2.49. The summed E-state index contributed by atoms with van der Waals surface area (Å²) in [5, 5.41) is 6.46. The van der Waals surface area contributed by atoms with Crippen LogP contribution in [0, 0.1) is 6.92 Å². The Labute approximate surface area is 151 Å². The van der Waals surface area contributed by atoms with Crippen molar-refractivity contribution in [1.29, 1.82) is 0 Å². The fraction of sp³-hybridized carbons (Fsp3) is 0.105. The van der Waals surface area contributed by atoms with Gasteiger partial charge in [-0.2, -0.15) is 0 Å². The van der Waals surface area contributed by atoms with Crippen LogP contribution in [0.5, 0.6) is 0 Å². The molecule has 0 aliphatic carbocycles. The maximum atomic E-state index is 12.5. The van der Waals surface area contributed by atoms with E-state index in [-0.39, 0.29) is 11.6 Å². The number of nitrogens with zero attached hydrogens (tertiary/aromatic N) is 2. The van der Waals surface area contributed by atoms with Crippen LogP contribution in [0.4, 0.5) is 11.5 Å². The highest BCUT2D eigenvalue weighted by atomic mass is 35.5. The summed E-state index contributed by atoms with van der Waals surface area (Å²) < 4.78 is 0. The minimum Gasteiger partial charge on any atom is -0.366 e. The first-order chi connectivity index (χ1) is 12.1. The Kier molecular flexibility index (Phi) is 5.26. The molecule has 25 heavy (non-hydrogen) atoms. The van der Waals surface area contributed by atoms with Gasteiger partial charge in [0, 0.05) is 12.6 Å². The van der Waals surface area contributed by atoms with Crippen LogP contribution < -0.4 is 10.6 Å². The number of rotatable bonds is 5. The molecule has 2 N–H and O–H groups in total. The number of aromatic nitrogens is 2. The fourth-order valence-electron chi connectivity index (χ4n) is 2.31. The van der Waals surface area contributed by atoms with Crippen LogP contribution in [0.25, 0.3) is 0 Å². The van der Waals surface area contributed by atoms with E-state index < -0.39 is 0 Å². The zero-order valence-corrected chi connectivity index (χ0v) is 14.4. The van der Waals surface area contributed by atoms with Crippen molar-refractivity contribution in [2.75, 3.05) is 10.6 Å². The average molecular weight is 353 g/mol. The first-order valence-electron chi connectivity index (χ1n) is 7.81. The van der Waals surface area contributed by atoms with Crippen LogP contribution in [0.3, 0.4) is 0 Å². The quantitative estimate of drug-likeness (QED) is 0.718. The zero-order valence-electron chi connectivity index (χ0n) is 13.7. The number of benzene rings is 2. The van der Waals surface area contributed by atoms with Gasteiger partial charge in [0.05, 0.1) is 10.7 Å². The predicted molar refractivity (Wildman–Crippen MR) is 99.9 cm³/mol. The van der Waals surface area contributed by atoms with Gasteiger partial charge in [0.25, 0.3) is 5.91 Å². The lowest BCUT2D eigenvalue weighted by atomic mass is 10.2. The second-order valence-corrected chi connectivity index (χ2v) is 5.87. The van der Waals surface area contributed by atoms with E-state index in [0.717, 1.165) is 5.56 Å². The summed E-state index contributed by atoms with van der Waals surface area (Å²) >= 11 is 6.08. The van der Waals surface area contributed by atoms with Gasteiger partial charge in [-0.1, -0.05) is 54.1 Å². The van der Waals surface area contributed by atoms with Crippen molar-refractivity contribution >= 4 is 29.0 Å². The number of hydrogen-bond donors (Lipinski definition) is 2. The summed E-state index contributed by atoms with van der Waals surface area (Å²) in [5.74, 6) is 0.782. The molecular weight excluding hydrogens is 336 g/mol. The molecule has 3 aromatic rings. The Balaban J connectivity index is 1.74. The van der Waals surface area contributed by atoms with Crippen molar-refractivity contribution in [3.05, 3.63) is 82.8 Å². The van der Waals surface area contributed by atoms with Crippen LogP contribution >= 0.6 is 11.6 Å². The first kappa shape index (κ1) is 16.9. The molecule has 126 valence electrons. The Morgan fingerprint density at radius 3 is 2.52 bits per heavy atom. The largest absolute Gasteiger partial charge is 0.366 e. The van der Waals surface area contributed by atoms with Gasteiger partial charge >= 0.3 is 0 Å². The minimum absolute atomic E-state index is 0.281. The van der Waals surface area contributed by atoms with E-state index in [0.29, 0.717) is 28.9 Å². The molecule has 1 amide bonds. The van der Waals surface area contributed by atoms with Crippen LogP contribution in [0.2, 0.25) is 5.02 Å². The van der Waals surface area contributed by atoms with Crippen molar-refractivity contribution in [2.24, 2.45) is 0 Å². The van der Waals surface area contributed by atoms with Crippen molar-refractivity contribution in [2.45, 2.75) is 13.5 Å². The molecule has 0 radical (unpaired) electrons. The second-order valence-electron chi connectivity index (χ2n) is 5.46. The standard InChI is InChI=1S/C19H17ClN4O/c1-13-22-17(19(25)24-16-10-6-5-9-15(16)20)11-18(23-13)21-12-14-7-3-2-4-8-14/h2-11H,12H2,1H3,(H,24,25)(H,21,22,23). The third kappa shape index (κ3) is 4.55. The van der Waals surface area contributed by atoms with E-state index in [2.05, 4.69) is 20.6 Å². The van der Waals surface area contributed by atoms with Crippen molar-refractivity contribution in [3.63, 3.8) is 0 Å². The summed E-state index contributed by atoms with van der Waals surface area (Å²) in [5.41, 5.74) is 1.95.